The Kier molecular flexibility index (Phi) is 6.66. The van der Waals surface area contributed by atoms with E-state index in [1.54, 1.807) is 17.5 Å². The summed E-state index contributed by atoms with van der Waals surface area (Å²) in [5.74, 6) is 2.39. The molecule has 1 amide bonds. The van der Waals surface area contributed by atoms with Gasteiger partial charge in [-0.05, 0) is 35.7 Å². The molecule has 172 valence electrons. The lowest BCUT2D eigenvalue weighted by Gasteiger charge is -2.36. The van der Waals surface area contributed by atoms with Gasteiger partial charge < -0.3 is 19.3 Å². The first-order valence-corrected chi connectivity index (χ1v) is 12.2. The minimum absolute atomic E-state index is 0.0677. The standard InChI is InChI=1S/C24H25ClN4O3S/c25-18-3-6-23(26-15-18)28-9-7-27(8-10-28)17-24(30)29(16-20-2-1-13-33-20)19-4-5-21-22(14-19)32-12-11-31-21/h1-6,13-15H,7-12,16-17H2. The fourth-order valence-corrected chi connectivity index (χ4v) is 4.85. The van der Waals surface area contributed by atoms with Gasteiger partial charge >= 0.3 is 0 Å². The molecule has 0 N–H and O–H groups in total. The topological polar surface area (TPSA) is 58.1 Å². The van der Waals surface area contributed by atoms with E-state index in [4.69, 9.17) is 21.1 Å². The normalized spacial score (nSPS) is 16.0. The van der Waals surface area contributed by atoms with E-state index in [9.17, 15) is 4.79 Å². The Labute approximate surface area is 202 Å². The monoisotopic (exact) mass is 484 g/mol. The molecule has 5 rings (SSSR count). The predicted molar refractivity (Wildman–Crippen MR) is 131 cm³/mol. The highest BCUT2D eigenvalue weighted by atomic mass is 35.5. The van der Waals surface area contributed by atoms with Crippen molar-refractivity contribution in [3.05, 3.63) is 63.9 Å². The van der Waals surface area contributed by atoms with E-state index in [-0.39, 0.29) is 5.91 Å². The Bertz CT molecular complexity index is 1090. The van der Waals surface area contributed by atoms with E-state index in [2.05, 4.69) is 20.9 Å². The number of ether oxygens (including phenoxy) is 2. The van der Waals surface area contributed by atoms with Crippen LogP contribution in [0.4, 0.5) is 11.5 Å². The van der Waals surface area contributed by atoms with Crippen LogP contribution in [0.25, 0.3) is 0 Å². The molecule has 4 heterocycles. The second-order valence-electron chi connectivity index (χ2n) is 7.99. The number of benzene rings is 1. The number of hydrogen-bond donors (Lipinski definition) is 0. The second-order valence-corrected chi connectivity index (χ2v) is 9.45. The molecular weight excluding hydrogens is 460 g/mol. The lowest BCUT2D eigenvalue weighted by Crippen LogP contribution is -2.50. The molecule has 0 radical (unpaired) electrons. The Morgan fingerprint density at radius 3 is 2.61 bits per heavy atom. The maximum absolute atomic E-state index is 13.5. The van der Waals surface area contributed by atoms with Gasteiger partial charge in [0.15, 0.2) is 11.5 Å². The van der Waals surface area contributed by atoms with Crippen LogP contribution in [-0.4, -0.2) is 61.7 Å². The molecule has 1 aromatic carbocycles. The Balaban J connectivity index is 1.27. The number of carbonyl (C=O) groups is 1. The molecule has 0 atom stereocenters. The number of thiophene rings is 1. The van der Waals surface area contributed by atoms with Gasteiger partial charge in [-0.25, -0.2) is 4.98 Å². The van der Waals surface area contributed by atoms with Gasteiger partial charge in [0.05, 0.1) is 18.1 Å². The van der Waals surface area contributed by atoms with Crippen LogP contribution < -0.4 is 19.3 Å². The number of amides is 1. The highest BCUT2D eigenvalue weighted by molar-refractivity contribution is 7.09. The molecule has 0 unspecified atom stereocenters. The highest BCUT2D eigenvalue weighted by Crippen LogP contribution is 2.35. The van der Waals surface area contributed by atoms with Gasteiger partial charge in [0, 0.05) is 49.0 Å². The first kappa shape index (κ1) is 22.0. The van der Waals surface area contributed by atoms with Crippen LogP contribution in [-0.2, 0) is 11.3 Å². The van der Waals surface area contributed by atoms with Crippen LogP contribution in [0.5, 0.6) is 11.5 Å². The number of aromatic nitrogens is 1. The largest absolute Gasteiger partial charge is 0.486 e. The minimum atomic E-state index is 0.0677. The zero-order valence-corrected chi connectivity index (χ0v) is 19.7. The molecule has 1 fully saturated rings. The van der Waals surface area contributed by atoms with Crippen LogP contribution in [0, 0.1) is 0 Å². The van der Waals surface area contributed by atoms with E-state index in [1.807, 2.05) is 46.7 Å². The number of rotatable bonds is 6. The summed E-state index contributed by atoms with van der Waals surface area (Å²) >= 11 is 7.61. The molecular formula is C24H25ClN4O3S. The van der Waals surface area contributed by atoms with Crippen LogP contribution in [0.3, 0.4) is 0 Å². The van der Waals surface area contributed by atoms with Crippen molar-refractivity contribution in [3.63, 3.8) is 0 Å². The van der Waals surface area contributed by atoms with Crippen molar-refractivity contribution < 1.29 is 14.3 Å². The van der Waals surface area contributed by atoms with E-state index in [1.165, 1.54) is 0 Å². The maximum atomic E-state index is 13.5. The number of piperazine rings is 1. The number of hydrogen-bond acceptors (Lipinski definition) is 7. The molecule has 2 aliphatic rings. The molecule has 0 saturated carbocycles. The summed E-state index contributed by atoms with van der Waals surface area (Å²) in [5.41, 5.74) is 0.821. The zero-order chi connectivity index (χ0) is 22.6. The van der Waals surface area contributed by atoms with Crippen LogP contribution in [0.2, 0.25) is 5.02 Å². The maximum Gasteiger partial charge on any atom is 0.241 e. The van der Waals surface area contributed by atoms with Gasteiger partial charge in [-0.1, -0.05) is 17.7 Å². The van der Waals surface area contributed by atoms with Crippen molar-refractivity contribution in [1.82, 2.24) is 9.88 Å². The summed E-state index contributed by atoms with van der Waals surface area (Å²) in [5, 5.41) is 2.67. The molecule has 3 aromatic rings. The third-order valence-electron chi connectivity index (χ3n) is 5.80. The summed E-state index contributed by atoms with van der Waals surface area (Å²) in [6.45, 7) is 5.18. The van der Waals surface area contributed by atoms with Gasteiger partial charge in [0.2, 0.25) is 5.91 Å². The van der Waals surface area contributed by atoms with Gasteiger partial charge in [-0.15, -0.1) is 11.3 Å². The molecule has 1 saturated heterocycles. The number of halogens is 1. The summed E-state index contributed by atoms with van der Waals surface area (Å²) in [6.07, 6.45) is 1.67. The third kappa shape index (κ3) is 5.24. The third-order valence-corrected chi connectivity index (χ3v) is 6.88. The van der Waals surface area contributed by atoms with Crippen LogP contribution in [0.1, 0.15) is 4.88 Å². The molecule has 9 heteroatoms. The summed E-state index contributed by atoms with van der Waals surface area (Å²) in [7, 11) is 0. The summed E-state index contributed by atoms with van der Waals surface area (Å²) in [6, 6.07) is 13.6. The average molecular weight is 485 g/mol. The van der Waals surface area contributed by atoms with Crippen molar-refractivity contribution in [2.24, 2.45) is 0 Å². The Morgan fingerprint density at radius 1 is 1.06 bits per heavy atom. The SMILES string of the molecule is O=C(CN1CCN(c2ccc(Cl)cn2)CC1)N(Cc1cccs1)c1ccc2c(c1)OCCO2. The van der Waals surface area contributed by atoms with Gasteiger partial charge in [-0.2, -0.15) is 0 Å². The van der Waals surface area contributed by atoms with Crippen molar-refractivity contribution >= 4 is 40.4 Å². The summed E-state index contributed by atoms with van der Waals surface area (Å²) in [4.78, 5) is 25.3. The Hall–Kier alpha value is -2.81. The lowest BCUT2D eigenvalue weighted by molar-refractivity contribution is -0.120. The second kappa shape index (κ2) is 9.99. The van der Waals surface area contributed by atoms with E-state index >= 15 is 0 Å². The predicted octanol–water partition coefficient (Wildman–Crippen LogP) is 3.92. The zero-order valence-electron chi connectivity index (χ0n) is 18.2. The van der Waals surface area contributed by atoms with Gasteiger partial charge in [0.25, 0.3) is 0 Å². The number of fused-ring (bicyclic) bond motifs is 1. The number of carbonyl (C=O) groups excluding carboxylic acids is 1. The van der Waals surface area contributed by atoms with Gasteiger partial charge in [0.1, 0.15) is 19.0 Å². The van der Waals surface area contributed by atoms with Crippen molar-refractivity contribution in [3.8, 4) is 11.5 Å². The fraction of sp³-hybridized carbons (Fsp3) is 0.333. The summed E-state index contributed by atoms with van der Waals surface area (Å²) < 4.78 is 11.4. The minimum Gasteiger partial charge on any atom is -0.486 e. The highest BCUT2D eigenvalue weighted by Gasteiger charge is 2.25. The molecule has 0 aliphatic carbocycles. The average Bonchev–Trinajstić information content (AvgIpc) is 3.37. The Morgan fingerprint density at radius 2 is 1.88 bits per heavy atom. The molecule has 2 aromatic heterocycles. The molecule has 0 bridgehead atoms. The van der Waals surface area contributed by atoms with Crippen molar-refractivity contribution in [1.29, 1.82) is 0 Å². The van der Waals surface area contributed by atoms with Gasteiger partial charge in [-0.3, -0.25) is 9.69 Å². The molecule has 33 heavy (non-hydrogen) atoms. The number of anilines is 2. The smallest absolute Gasteiger partial charge is 0.241 e. The first-order valence-electron chi connectivity index (χ1n) is 11.0. The molecule has 0 spiro atoms. The van der Waals surface area contributed by atoms with E-state index in [0.29, 0.717) is 37.1 Å². The van der Waals surface area contributed by atoms with Crippen LogP contribution in [0.15, 0.2) is 54.0 Å². The van der Waals surface area contributed by atoms with E-state index < -0.39 is 0 Å². The number of pyridine rings is 1. The number of nitrogens with zero attached hydrogens (tertiary/aromatic N) is 4. The lowest BCUT2D eigenvalue weighted by atomic mass is 10.2. The fourth-order valence-electron chi connectivity index (χ4n) is 4.05. The molecule has 7 nitrogen and oxygen atoms in total. The van der Waals surface area contributed by atoms with Crippen LogP contribution >= 0.6 is 22.9 Å². The quantitative estimate of drug-likeness (QED) is 0.528. The first-order chi connectivity index (χ1) is 16.2. The molecule has 2 aliphatic heterocycles. The van der Waals surface area contributed by atoms with E-state index in [0.717, 1.165) is 48.3 Å². The van der Waals surface area contributed by atoms with Crippen molar-refractivity contribution in [2.45, 2.75) is 6.54 Å². The van der Waals surface area contributed by atoms with Crippen molar-refractivity contribution in [2.75, 3.05) is 55.7 Å².